The minimum Gasteiger partial charge on any atom is -0.465 e. The second-order valence-electron chi connectivity index (χ2n) is 5.52. The third-order valence-corrected chi connectivity index (χ3v) is 4.59. The van der Waals surface area contributed by atoms with Gasteiger partial charge in [-0.15, -0.1) is 0 Å². The topological polar surface area (TPSA) is 72.1 Å². The highest BCUT2D eigenvalue weighted by molar-refractivity contribution is 8.14. The van der Waals surface area contributed by atoms with Crippen molar-refractivity contribution in [1.82, 2.24) is 4.90 Å². The zero-order valence-corrected chi connectivity index (χ0v) is 15.4. The Hall–Kier alpha value is -2.87. The number of thioether (sulfide) groups is 1. The number of furan rings is 1. The molecular formula is C19H17FN2O4S. The van der Waals surface area contributed by atoms with Crippen LogP contribution in [0.25, 0.3) is 6.08 Å². The Morgan fingerprint density at radius 2 is 2.15 bits per heavy atom. The van der Waals surface area contributed by atoms with Crippen molar-refractivity contribution in [2.24, 2.45) is 4.99 Å². The Kier molecular flexibility index (Phi) is 6.08. The fourth-order valence-electron chi connectivity index (χ4n) is 2.41. The smallest absolute Gasteiger partial charge is 0.316 e. The molecule has 6 nitrogen and oxygen atoms in total. The van der Waals surface area contributed by atoms with E-state index < -0.39 is 11.8 Å². The highest BCUT2D eigenvalue weighted by Crippen LogP contribution is 2.26. The molecule has 2 aromatic rings. The molecule has 1 aliphatic heterocycles. The van der Waals surface area contributed by atoms with E-state index in [0.29, 0.717) is 16.5 Å². The van der Waals surface area contributed by atoms with E-state index in [4.69, 9.17) is 9.15 Å². The lowest BCUT2D eigenvalue weighted by molar-refractivity contribution is -0.139. The predicted octanol–water partition coefficient (Wildman–Crippen LogP) is 3.45. The first-order valence-corrected chi connectivity index (χ1v) is 9.24. The first-order chi connectivity index (χ1) is 13.1. The Labute approximate surface area is 159 Å². The Morgan fingerprint density at radius 3 is 2.85 bits per heavy atom. The summed E-state index contributed by atoms with van der Waals surface area (Å²) < 4.78 is 24.2. The zero-order valence-electron chi connectivity index (χ0n) is 14.6. The normalized spacial score (nSPS) is 15.3. The SMILES string of the molecule is CCOC(=O)CSC1=N/C(=C\c2ccco2)C(=O)N1Cc1ccccc1F. The number of halogens is 1. The van der Waals surface area contributed by atoms with Gasteiger partial charge in [0.05, 0.1) is 25.2 Å². The van der Waals surface area contributed by atoms with Crippen molar-refractivity contribution < 1.29 is 23.1 Å². The molecule has 1 amide bonds. The van der Waals surface area contributed by atoms with Gasteiger partial charge < -0.3 is 9.15 Å². The van der Waals surface area contributed by atoms with Gasteiger partial charge in [-0.25, -0.2) is 9.38 Å². The number of amides is 1. The van der Waals surface area contributed by atoms with Crippen LogP contribution in [-0.4, -0.2) is 34.3 Å². The number of aliphatic imine (C=N–C) groups is 1. The summed E-state index contributed by atoms with van der Waals surface area (Å²) in [6, 6.07) is 9.60. The Morgan fingerprint density at radius 1 is 1.33 bits per heavy atom. The number of benzene rings is 1. The maximum atomic E-state index is 14.0. The monoisotopic (exact) mass is 388 g/mol. The van der Waals surface area contributed by atoms with Gasteiger partial charge in [0.15, 0.2) is 5.17 Å². The van der Waals surface area contributed by atoms with Crippen molar-refractivity contribution in [3.63, 3.8) is 0 Å². The lowest BCUT2D eigenvalue weighted by Crippen LogP contribution is -2.31. The van der Waals surface area contributed by atoms with Crippen LogP contribution in [0.3, 0.4) is 0 Å². The van der Waals surface area contributed by atoms with Gasteiger partial charge in [0.25, 0.3) is 5.91 Å². The van der Waals surface area contributed by atoms with E-state index in [-0.39, 0.29) is 30.5 Å². The lowest BCUT2D eigenvalue weighted by atomic mass is 10.2. The number of amidine groups is 1. The van der Waals surface area contributed by atoms with Gasteiger partial charge in [0, 0.05) is 11.6 Å². The molecule has 0 spiro atoms. The molecule has 0 radical (unpaired) electrons. The van der Waals surface area contributed by atoms with Crippen LogP contribution in [0.15, 0.2) is 57.8 Å². The molecule has 0 fully saturated rings. The standard InChI is InChI=1S/C19H17FN2O4S/c1-2-25-17(23)12-27-19-21-16(10-14-7-5-9-26-14)18(24)22(19)11-13-6-3-4-8-15(13)20/h3-10H,2,11-12H2,1H3/b16-10-. The zero-order chi connectivity index (χ0) is 19.2. The van der Waals surface area contributed by atoms with E-state index in [1.807, 2.05) is 0 Å². The molecule has 1 aliphatic rings. The maximum absolute atomic E-state index is 14.0. The summed E-state index contributed by atoms with van der Waals surface area (Å²) in [5.41, 5.74) is 0.516. The van der Waals surface area contributed by atoms with Crippen LogP contribution in [0.5, 0.6) is 0 Å². The Balaban J connectivity index is 1.84. The molecule has 1 aromatic carbocycles. The third-order valence-electron chi connectivity index (χ3n) is 3.64. The van der Waals surface area contributed by atoms with E-state index in [2.05, 4.69) is 4.99 Å². The number of carbonyl (C=O) groups is 2. The van der Waals surface area contributed by atoms with Gasteiger partial charge in [-0.2, -0.15) is 0 Å². The van der Waals surface area contributed by atoms with Crippen LogP contribution in [0.2, 0.25) is 0 Å². The summed E-state index contributed by atoms with van der Waals surface area (Å²) in [6.07, 6.45) is 3.00. The van der Waals surface area contributed by atoms with Gasteiger partial charge in [0.1, 0.15) is 17.3 Å². The number of nitrogens with zero attached hydrogens (tertiary/aromatic N) is 2. The van der Waals surface area contributed by atoms with Gasteiger partial charge in [-0.3, -0.25) is 14.5 Å². The Bertz CT molecular complexity index is 893. The molecule has 0 saturated carbocycles. The van der Waals surface area contributed by atoms with Crippen molar-refractivity contribution in [2.75, 3.05) is 12.4 Å². The molecule has 140 valence electrons. The van der Waals surface area contributed by atoms with E-state index >= 15 is 0 Å². The molecule has 0 N–H and O–H groups in total. The third kappa shape index (κ3) is 4.65. The molecule has 3 rings (SSSR count). The summed E-state index contributed by atoms with van der Waals surface area (Å²) in [6.45, 7) is 2.00. The second kappa shape index (κ2) is 8.68. The molecule has 2 heterocycles. The number of ether oxygens (including phenoxy) is 1. The molecule has 0 bridgehead atoms. The molecule has 8 heteroatoms. The first-order valence-electron chi connectivity index (χ1n) is 8.26. The highest BCUT2D eigenvalue weighted by Gasteiger charge is 2.32. The van der Waals surface area contributed by atoms with Crippen molar-refractivity contribution >= 4 is 34.9 Å². The van der Waals surface area contributed by atoms with Crippen LogP contribution in [0, 0.1) is 5.82 Å². The fraction of sp³-hybridized carbons (Fsp3) is 0.211. The van der Waals surface area contributed by atoms with Crippen LogP contribution in [0.4, 0.5) is 4.39 Å². The van der Waals surface area contributed by atoms with Gasteiger partial charge in [-0.1, -0.05) is 30.0 Å². The molecule has 0 saturated heterocycles. The number of hydrogen-bond donors (Lipinski definition) is 0. The van der Waals surface area contributed by atoms with Crippen molar-refractivity contribution in [1.29, 1.82) is 0 Å². The minimum absolute atomic E-state index is 0.00174. The lowest BCUT2D eigenvalue weighted by Gasteiger charge is -2.18. The highest BCUT2D eigenvalue weighted by atomic mass is 32.2. The summed E-state index contributed by atoms with van der Waals surface area (Å²) in [7, 11) is 0. The van der Waals surface area contributed by atoms with Crippen molar-refractivity contribution in [3.8, 4) is 0 Å². The van der Waals surface area contributed by atoms with E-state index in [0.717, 1.165) is 11.8 Å². The average Bonchev–Trinajstić information content (AvgIpc) is 3.26. The molecule has 0 aliphatic carbocycles. The number of rotatable bonds is 6. The summed E-state index contributed by atoms with van der Waals surface area (Å²) >= 11 is 1.07. The number of carbonyl (C=O) groups excluding carboxylic acids is 2. The van der Waals surface area contributed by atoms with E-state index in [1.165, 1.54) is 23.3 Å². The molecule has 0 atom stereocenters. The van der Waals surface area contributed by atoms with Crippen LogP contribution >= 0.6 is 11.8 Å². The van der Waals surface area contributed by atoms with Gasteiger partial charge in [-0.05, 0) is 25.1 Å². The molecule has 27 heavy (non-hydrogen) atoms. The van der Waals surface area contributed by atoms with Gasteiger partial charge >= 0.3 is 5.97 Å². The molecule has 0 unspecified atom stereocenters. The number of hydrogen-bond acceptors (Lipinski definition) is 6. The molecular weight excluding hydrogens is 371 g/mol. The second-order valence-corrected chi connectivity index (χ2v) is 6.46. The fourth-order valence-corrected chi connectivity index (χ4v) is 3.21. The van der Waals surface area contributed by atoms with Crippen LogP contribution in [-0.2, 0) is 20.9 Å². The molecule has 1 aromatic heterocycles. The summed E-state index contributed by atoms with van der Waals surface area (Å²) in [4.78, 5) is 30.1. The predicted molar refractivity (Wildman–Crippen MR) is 100 cm³/mol. The van der Waals surface area contributed by atoms with Crippen molar-refractivity contribution in [3.05, 3.63) is 65.5 Å². The quantitative estimate of drug-likeness (QED) is 0.560. The number of esters is 1. The van der Waals surface area contributed by atoms with Crippen LogP contribution < -0.4 is 0 Å². The largest absolute Gasteiger partial charge is 0.465 e. The van der Waals surface area contributed by atoms with E-state index in [9.17, 15) is 14.0 Å². The summed E-state index contributed by atoms with van der Waals surface area (Å²) in [5, 5.41) is 0.314. The van der Waals surface area contributed by atoms with Crippen molar-refractivity contribution in [2.45, 2.75) is 13.5 Å². The maximum Gasteiger partial charge on any atom is 0.316 e. The summed E-state index contributed by atoms with van der Waals surface area (Å²) in [5.74, 6) is -0.733. The average molecular weight is 388 g/mol. The van der Waals surface area contributed by atoms with E-state index in [1.54, 1.807) is 37.3 Å². The minimum atomic E-state index is -0.413. The van der Waals surface area contributed by atoms with Crippen LogP contribution in [0.1, 0.15) is 18.2 Å². The first kappa shape index (κ1) is 18.9. The van der Waals surface area contributed by atoms with Gasteiger partial charge in [0.2, 0.25) is 0 Å².